The Morgan fingerprint density at radius 2 is 1.69 bits per heavy atom. The third-order valence-electron chi connectivity index (χ3n) is 3.75. The molecular formula is C19H19ClN2O4. The van der Waals surface area contributed by atoms with Crippen LogP contribution in [0.4, 0.5) is 11.4 Å². The number of hydrogen-bond acceptors (Lipinski definition) is 4. The molecule has 6 nitrogen and oxygen atoms in total. The zero-order valence-electron chi connectivity index (χ0n) is 14.3. The van der Waals surface area contributed by atoms with Gasteiger partial charge < -0.3 is 20.1 Å². The first-order valence-corrected chi connectivity index (χ1v) is 8.64. The molecule has 26 heavy (non-hydrogen) atoms. The van der Waals surface area contributed by atoms with Gasteiger partial charge in [-0.1, -0.05) is 23.7 Å². The average Bonchev–Trinajstić information content (AvgIpc) is 2.81. The third kappa shape index (κ3) is 4.67. The number of carbonyl (C=O) groups excluding carboxylic acids is 2. The standard InChI is InChI=1S/C19H19ClN2O4/c1-12(23)21-14-5-3-13(4-6-14)9-19(24)22-16-11-18-17(10-15(16)20)25-7-2-8-26-18/h3-6,10-11H,2,7-9H2,1H3,(H,21,23)(H,22,24). The molecule has 2 N–H and O–H groups in total. The Kier molecular flexibility index (Phi) is 5.63. The molecule has 2 aromatic carbocycles. The van der Waals surface area contributed by atoms with Crippen molar-refractivity contribution >= 4 is 34.8 Å². The highest BCUT2D eigenvalue weighted by atomic mass is 35.5. The number of anilines is 2. The molecule has 7 heteroatoms. The Bertz CT molecular complexity index is 821. The first-order valence-electron chi connectivity index (χ1n) is 8.27. The lowest BCUT2D eigenvalue weighted by molar-refractivity contribution is -0.116. The fourth-order valence-corrected chi connectivity index (χ4v) is 2.77. The minimum atomic E-state index is -0.200. The highest BCUT2D eigenvalue weighted by Crippen LogP contribution is 2.37. The van der Waals surface area contributed by atoms with Gasteiger partial charge in [0.15, 0.2) is 11.5 Å². The van der Waals surface area contributed by atoms with Gasteiger partial charge >= 0.3 is 0 Å². The number of fused-ring (bicyclic) bond motifs is 1. The quantitative estimate of drug-likeness (QED) is 0.856. The van der Waals surface area contributed by atoms with Crippen LogP contribution in [0.3, 0.4) is 0 Å². The normalized spacial score (nSPS) is 12.8. The van der Waals surface area contributed by atoms with Crippen molar-refractivity contribution in [3.63, 3.8) is 0 Å². The number of rotatable bonds is 4. The van der Waals surface area contributed by atoms with Crippen molar-refractivity contribution in [3.8, 4) is 11.5 Å². The van der Waals surface area contributed by atoms with Crippen LogP contribution < -0.4 is 20.1 Å². The van der Waals surface area contributed by atoms with Crippen LogP contribution in [0.25, 0.3) is 0 Å². The number of halogens is 1. The highest BCUT2D eigenvalue weighted by Gasteiger charge is 2.15. The summed E-state index contributed by atoms with van der Waals surface area (Å²) in [6.45, 7) is 2.58. The summed E-state index contributed by atoms with van der Waals surface area (Å²) in [6, 6.07) is 10.4. The van der Waals surface area contributed by atoms with E-state index < -0.39 is 0 Å². The second kappa shape index (κ2) is 8.10. The van der Waals surface area contributed by atoms with Crippen LogP contribution in [-0.2, 0) is 16.0 Å². The Morgan fingerprint density at radius 1 is 1.04 bits per heavy atom. The summed E-state index contributed by atoms with van der Waals surface area (Å²) < 4.78 is 11.2. The summed E-state index contributed by atoms with van der Waals surface area (Å²) in [4.78, 5) is 23.3. The van der Waals surface area contributed by atoms with Crippen molar-refractivity contribution in [2.24, 2.45) is 0 Å². The molecule has 0 unspecified atom stereocenters. The van der Waals surface area contributed by atoms with Crippen LogP contribution in [0.5, 0.6) is 11.5 Å². The lowest BCUT2D eigenvalue weighted by Crippen LogP contribution is -2.15. The molecule has 3 rings (SSSR count). The molecule has 0 spiro atoms. The van der Waals surface area contributed by atoms with E-state index in [-0.39, 0.29) is 18.2 Å². The fourth-order valence-electron chi connectivity index (χ4n) is 2.57. The fraction of sp³-hybridized carbons (Fsp3) is 0.263. The summed E-state index contributed by atoms with van der Waals surface area (Å²) in [7, 11) is 0. The zero-order valence-corrected chi connectivity index (χ0v) is 15.1. The summed E-state index contributed by atoms with van der Waals surface area (Å²) >= 11 is 6.24. The van der Waals surface area contributed by atoms with Gasteiger partial charge in [0.05, 0.1) is 30.3 Å². The van der Waals surface area contributed by atoms with Gasteiger partial charge in [-0.05, 0) is 17.7 Å². The molecule has 0 saturated carbocycles. The van der Waals surface area contributed by atoms with E-state index in [1.807, 2.05) is 0 Å². The summed E-state index contributed by atoms with van der Waals surface area (Å²) in [5, 5.41) is 5.88. The Hall–Kier alpha value is -2.73. The van der Waals surface area contributed by atoms with Crippen LogP contribution >= 0.6 is 11.6 Å². The van der Waals surface area contributed by atoms with Crippen molar-refractivity contribution in [2.45, 2.75) is 19.8 Å². The van der Waals surface area contributed by atoms with E-state index in [1.165, 1.54) is 6.92 Å². The Balaban J connectivity index is 1.66. The number of ether oxygens (including phenoxy) is 2. The van der Waals surface area contributed by atoms with E-state index in [4.69, 9.17) is 21.1 Å². The van der Waals surface area contributed by atoms with Crippen LogP contribution in [0.15, 0.2) is 36.4 Å². The second-order valence-electron chi connectivity index (χ2n) is 5.93. The third-order valence-corrected chi connectivity index (χ3v) is 4.06. The maximum Gasteiger partial charge on any atom is 0.228 e. The summed E-state index contributed by atoms with van der Waals surface area (Å²) in [5.74, 6) is 0.814. The monoisotopic (exact) mass is 374 g/mol. The maximum absolute atomic E-state index is 12.3. The van der Waals surface area contributed by atoms with Crippen LogP contribution in [0.2, 0.25) is 5.02 Å². The molecule has 1 aliphatic heterocycles. The molecule has 0 aromatic heterocycles. The zero-order chi connectivity index (χ0) is 18.5. The van der Waals surface area contributed by atoms with Crippen molar-refractivity contribution in [3.05, 3.63) is 47.0 Å². The molecule has 136 valence electrons. The van der Waals surface area contributed by atoms with Crippen molar-refractivity contribution < 1.29 is 19.1 Å². The molecule has 1 heterocycles. The van der Waals surface area contributed by atoms with Crippen molar-refractivity contribution in [1.82, 2.24) is 0 Å². The minimum absolute atomic E-state index is 0.139. The highest BCUT2D eigenvalue weighted by molar-refractivity contribution is 6.34. The molecule has 0 fully saturated rings. The van der Waals surface area contributed by atoms with Crippen LogP contribution in [-0.4, -0.2) is 25.0 Å². The molecule has 0 saturated heterocycles. The molecule has 0 bridgehead atoms. The predicted octanol–water partition coefficient (Wildman–Crippen LogP) is 3.64. The number of carbonyl (C=O) groups is 2. The molecule has 2 aromatic rings. The Morgan fingerprint density at radius 3 is 2.35 bits per heavy atom. The molecule has 2 amide bonds. The van der Waals surface area contributed by atoms with Gasteiger partial charge in [-0.2, -0.15) is 0 Å². The van der Waals surface area contributed by atoms with Crippen LogP contribution in [0.1, 0.15) is 18.9 Å². The van der Waals surface area contributed by atoms with Crippen molar-refractivity contribution in [2.75, 3.05) is 23.8 Å². The van der Waals surface area contributed by atoms with Crippen molar-refractivity contribution in [1.29, 1.82) is 0 Å². The maximum atomic E-state index is 12.3. The SMILES string of the molecule is CC(=O)Nc1ccc(CC(=O)Nc2cc3c(cc2Cl)OCCCO3)cc1. The predicted molar refractivity (Wildman–Crippen MR) is 100 cm³/mol. The number of benzene rings is 2. The summed E-state index contributed by atoms with van der Waals surface area (Å²) in [6.07, 6.45) is 0.980. The van der Waals surface area contributed by atoms with Crippen LogP contribution in [0, 0.1) is 0 Å². The van der Waals surface area contributed by atoms with E-state index in [2.05, 4.69) is 10.6 Å². The van der Waals surface area contributed by atoms with E-state index >= 15 is 0 Å². The van der Waals surface area contributed by atoms with Gasteiger partial charge in [-0.25, -0.2) is 0 Å². The molecule has 1 aliphatic rings. The van der Waals surface area contributed by atoms with Gasteiger partial charge in [0, 0.05) is 31.2 Å². The van der Waals surface area contributed by atoms with Gasteiger partial charge in [0.1, 0.15) is 0 Å². The molecule has 0 aliphatic carbocycles. The number of hydrogen-bond donors (Lipinski definition) is 2. The average molecular weight is 375 g/mol. The van der Waals surface area contributed by atoms with Gasteiger partial charge in [-0.15, -0.1) is 0 Å². The summed E-state index contributed by atoms with van der Waals surface area (Å²) in [5.41, 5.74) is 1.99. The molecule has 0 atom stereocenters. The Labute approximate surface area is 156 Å². The van der Waals surface area contributed by atoms with E-state index in [0.29, 0.717) is 41.1 Å². The smallest absolute Gasteiger partial charge is 0.228 e. The first kappa shape index (κ1) is 18.1. The van der Waals surface area contributed by atoms with E-state index in [9.17, 15) is 9.59 Å². The second-order valence-corrected chi connectivity index (χ2v) is 6.34. The lowest BCUT2D eigenvalue weighted by Gasteiger charge is -2.12. The lowest BCUT2D eigenvalue weighted by atomic mass is 10.1. The largest absolute Gasteiger partial charge is 0.490 e. The van der Waals surface area contributed by atoms with Gasteiger partial charge in [0.25, 0.3) is 0 Å². The van der Waals surface area contributed by atoms with Gasteiger partial charge in [-0.3, -0.25) is 9.59 Å². The van der Waals surface area contributed by atoms with E-state index in [0.717, 1.165) is 12.0 Å². The topological polar surface area (TPSA) is 76.7 Å². The molecular weight excluding hydrogens is 356 g/mol. The minimum Gasteiger partial charge on any atom is -0.490 e. The van der Waals surface area contributed by atoms with E-state index in [1.54, 1.807) is 36.4 Å². The first-order chi connectivity index (χ1) is 12.5. The molecule has 0 radical (unpaired) electrons. The van der Waals surface area contributed by atoms with Gasteiger partial charge in [0.2, 0.25) is 11.8 Å². The number of nitrogens with one attached hydrogen (secondary N) is 2. The number of amides is 2.